The highest BCUT2D eigenvalue weighted by atomic mass is 35.5. The summed E-state index contributed by atoms with van der Waals surface area (Å²) in [6, 6.07) is 29.8. The molecule has 1 atom stereocenters. The summed E-state index contributed by atoms with van der Waals surface area (Å²) in [5.74, 6) is -2.70. The zero-order chi connectivity index (χ0) is 35.8. The second-order valence-corrected chi connectivity index (χ2v) is 12.6. The fraction of sp³-hybridized carbons (Fsp3) is 0.0541. The number of anilines is 2. The van der Waals surface area contributed by atoms with E-state index in [0.29, 0.717) is 16.1 Å². The molecule has 6 nitrogen and oxygen atoms in total. The van der Waals surface area contributed by atoms with E-state index < -0.39 is 40.5 Å². The van der Waals surface area contributed by atoms with Crippen molar-refractivity contribution in [3.05, 3.63) is 165 Å². The molecule has 0 aliphatic carbocycles. The van der Waals surface area contributed by atoms with Crippen LogP contribution in [-0.4, -0.2) is 17.7 Å². The number of thioether (sulfide) groups is 1. The van der Waals surface area contributed by atoms with Gasteiger partial charge in [0.2, 0.25) is 5.91 Å². The maximum absolute atomic E-state index is 14.6. The molecule has 0 saturated carbocycles. The van der Waals surface area contributed by atoms with Gasteiger partial charge in [-0.15, -0.1) is 11.8 Å². The quantitative estimate of drug-likeness (QED) is 0.0757. The number of amides is 3. The summed E-state index contributed by atoms with van der Waals surface area (Å²) in [5.41, 5.74) is -0.394. The number of hydrogen-bond acceptors (Lipinski definition) is 4. The van der Waals surface area contributed by atoms with Gasteiger partial charge in [-0.2, -0.15) is 13.2 Å². The van der Waals surface area contributed by atoms with Gasteiger partial charge in [-0.3, -0.25) is 14.4 Å². The molecule has 254 valence electrons. The molecule has 0 fully saturated rings. The van der Waals surface area contributed by atoms with E-state index in [2.05, 4.69) is 16.0 Å². The van der Waals surface area contributed by atoms with Crippen molar-refractivity contribution >= 4 is 70.1 Å². The third-order valence-corrected chi connectivity index (χ3v) is 9.00. The lowest BCUT2D eigenvalue weighted by molar-refractivity contribution is -0.137. The first-order valence-electron chi connectivity index (χ1n) is 14.7. The van der Waals surface area contributed by atoms with Crippen LogP contribution in [0.1, 0.15) is 32.3 Å². The SMILES string of the molecule is O=C(Nc1ccc(SC(C(=O)Nc2cc(C(F)(F)F)ccc2Cl)c2ccccc2)cc1)/C(=C/c1c(F)cccc1Cl)NC(=O)c1ccccc1. The summed E-state index contributed by atoms with van der Waals surface area (Å²) in [6.07, 6.45) is -3.50. The topological polar surface area (TPSA) is 87.3 Å². The fourth-order valence-corrected chi connectivity index (χ4v) is 5.99. The molecule has 0 radical (unpaired) electrons. The smallest absolute Gasteiger partial charge is 0.323 e. The summed E-state index contributed by atoms with van der Waals surface area (Å²) in [7, 11) is 0. The highest BCUT2D eigenvalue weighted by Gasteiger charge is 2.32. The van der Waals surface area contributed by atoms with Gasteiger partial charge in [0, 0.05) is 21.7 Å². The first-order chi connectivity index (χ1) is 23.9. The predicted molar refractivity (Wildman–Crippen MR) is 188 cm³/mol. The molecule has 13 heteroatoms. The molecule has 5 aromatic rings. The summed E-state index contributed by atoms with van der Waals surface area (Å²) >= 11 is 13.4. The Morgan fingerprint density at radius 3 is 2.04 bits per heavy atom. The number of nitrogens with one attached hydrogen (secondary N) is 3. The van der Waals surface area contributed by atoms with E-state index in [1.165, 1.54) is 18.2 Å². The Balaban J connectivity index is 1.36. The number of halogens is 6. The van der Waals surface area contributed by atoms with Crippen LogP contribution in [0.4, 0.5) is 28.9 Å². The first-order valence-corrected chi connectivity index (χ1v) is 16.4. The molecule has 0 aliphatic rings. The van der Waals surface area contributed by atoms with Gasteiger partial charge in [0.25, 0.3) is 11.8 Å². The van der Waals surface area contributed by atoms with Gasteiger partial charge in [-0.1, -0.05) is 77.8 Å². The van der Waals surface area contributed by atoms with Crippen LogP contribution < -0.4 is 16.0 Å². The number of rotatable bonds is 10. The zero-order valence-corrected chi connectivity index (χ0v) is 27.9. The van der Waals surface area contributed by atoms with Crippen LogP contribution in [0.3, 0.4) is 0 Å². The Morgan fingerprint density at radius 2 is 1.40 bits per heavy atom. The van der Waals surface area contributed by atoms with Crippen LogP contribution in [0, 0.1) is 5.82 Å². The second-order valence-electron chi connectivity index (χ2n) is 10.6. The summed E-state index contributed by atoms with van der Waals surface area (Å²) in [5, 5.41) is 6.77. The second kappa shape index (κ2) is 16.1. The van der Waals surface area contributed by atoms with E-state index in [1.807, 2.05) is 0 Å². The Morgan fingerprint density at radius 1 is 0.740 bits per heavy atom. The van der Waals surface area contributed by atoms with Crippen molar-refractivity contribution in [2.24, 2.45) is 0 Å². The van der Waals surface area contributed by atoms with Crippen LogP contribution in [0.15, 0.2) is 132 Å². The highest BCUT2D eigenvalue weighted by Crippen LogP contribution is 2.39. The summed E-state index contributed by atoms with van der Waals surface area (Å²) in [6.45, 7) is 0. The number of alkyl halides is 3. The Bertz CT molecular complexity index is 2030. The summed E-state index contributed by atoms with van der Waals surface area (Å²) < 4.78 is 54.6. The number of benzene rings is 5. The molecule has 0 heterocycles. The van der Waals surface area contributed by atoms with Crippen LogP contribution in [0.2, 0.25) is 10.0 Å². The normalized spacial score (nSPS) is 12.2. The van der Waals surface area contributed by atoms with Crippen LogP contribution in [-0.2, 0) is 15.8 Å². The standard InChI is InChI=1S/C37H25Cl2F4N3O3S/c38-28-12-7-13-30(40)27(28)21-32(46-34(47)23-10-5-2-6-11-23)35(48)44-25-15-17-26(18-16-25)50-33(22-8-3-1-4-9-22)36(49)45-31-20-24(37(41,42)43)14-19-29(31)39/h1-21,33H,(H,44,48)(H,45,49)(H,46,47)/b32-21-. The van der Waals surface area contributed by atoms with Crippen molar-refractivity contribution < 1.29 is 31.9 Å². The van der Waals surface area contributed by atoms with E-state index in [9.17, 15) is 31.9 Å². The number of carbonyl (C=O) groups is 3. The van der Waals surface area contributed by atoms with Crippen molar-refractivity contribution in [1.29, 1.82) is 0 Å². The van der Waals surface area contributed by atoms with Gasteiger partial charge in [-0.25, -0.2) is 4.39 Å². The molecule has 5 rings (SSSR count). The molecule has 3 amide bonds. The Labute approximate surface area is 298 Å². The number of carbonyl (C=O) groups excluding carboxylic acids is 3. The molecule has 0 spiro atoms. The minimum Gasteiger partial charge on any atom is -0.323 e. The first kappa shape index (κ1) is 36.2. The van der Waals surface area contributed by atoms with Gasteiger partial charge in [0.05, 0.1) is 21.3 Å². The fourth-order valence-electron chi connectivity index (χ4n) is 4.58. The minimum absolute atomic E-state index is 0.0259. The molecular weight excluding hydrogens is 713 g/mol. The maximum atomic E-state index is 14.6. The lowest BCUT2D eigenvalue weighted by atomic mass is 10.1. The molecule has 3 N–H and O–H groups in total. The lowest BCUT2D eigenvalue weighted by Crippen LogP contribution is -2.30. The van der Waals surface area contributed by atoms with E-state index in [4.69, 9.17) is 23.2 Å². The predicted octanol–water partition coefficient (Wildman–Crippen LogP) is 10.0. The Kier molecular flexibility index (Phi) is 11.6. The third-order valence-electron chi connectivity index (χ3n) is 7.08. The van der Waals surface area contributed by atoms with E-state index in [-0.39, 0.29) is 32.6 Å². The van der Waals surface area contributed by atoms with Gasteiger partial charge in [0.15, 0.2) is 0 Å². The van der Waals surface area contributed by atoms with Crippen molar-refractivity contribution in [2.75, 3.05) is 10.6 Å². The van der Waals surface area contributed by atoms with E-state index in [0.717, 1.165) is 36.0 Å². The molecule has 1 unspecified atom stereocenters. The molecular formula is C37H25Cl2F4N3O3S. The van der Waals surface area contributed by atoms with E-state index >= 15 is 0 Å². The third kappa shape index (κ3) is 9.32. The van der Waals surface area contributed by atoms with E-state index in [1.54, 1.807) is 84.9 Å². The molecule has 0 saturated heterocycles. The van der Waals surface area contributed by atoms with Gasteiger partial charge in [0.1, 0.15) is 16.8 Å². The van der Waals surface area contributed by atoms with Crippen LogP contribution in [0.25, 0.3) is 6.08 Å². The van der Waals surface area contributed by atoms with Gasteiger partial charge < -0.3 is 16.0 Å². The van der Waals surface area contributed by atoms with Gasteiger partial charge >= 0.3 is 6.18 Å². The average molecular weight is 739 g/mol. The van der Waals surface area contributed by atoms with Crippen molar-refractivity contribution in [3.8, 4) is 0 Å². The molecule has 5 aromatic carbocycles. The largest absolute Gasteiger partial charge is 0.416 e. The lowest BCUT2D eigenvalue weighted by Gasteiger charge is -2.19. The van der Waals surface area contributed by atoms with Crippen molar-refractivity contribution in [1.82, 2.24) is 5.32 Å². The molecule has 0 aliphatic heterocycles. The Hall–Kier alpha value is -5.10. The zero-order valence-electron chi connectivity index (χ0n) is 25.6. The van der Waals surface area contributed by atoms with Crippen molar-refractivity contribution in [2.45, 2.75) is 16.3 Å². The minimum atomic E-state index is -4.64. The van der Waals surface area contributed by atoms with Crippen LogP contribution in [0.5, 0.6) is 0 Å². The summed E-state index contributed by atoms with van der Waals surface area (Å²) in [4.78, 5) is 40.4. The number of hydrogen-bond donors (Lipinski definition) is 3. The average Bonchev–Trinajstić information content (AvgIpc) is 3.10. The maximum Gasteiger partial charge on any atom is 0.416 e. The highest BCUT2D eigenvalue weighted by molar-refractivity contribution is 8.00. The van der Waals surface area contributed by atoms with Crippen LogP contribution >= 0.6 is 35.0 Å². The molecule has 0 bridgehead atoms. The van der Waals surface area contributed by atoms with Crippen molar-refractivity contribution in [3.63, 3.8) is 0 Å². The molecule has 0 aromatic heterocycles. The monoisotopic (exact) mass is 737 g/mol. The van der Waals surface area contributed by atoms with Gasteiger partial charge in [-0.05, 0) is 78.4 Å². The molecule has 50 heavy (non-hydrogen) atoms.